The van der Waals surface area contributed by atoms with Crippen LogP contribution in [0.1, 0.15) is 52.9 Å². The number of piperidine rings is 1. The number of hydrogen-bond acceptors (Lipinski definition) is 8. The van der Waals surface area contributed by atoms with Gasteiger partial charge in [-0.15, -0.1) is 0 Å². The Morgan fingerprint density at radius 1 is 1.06 bits per heavy atom. The van der Waals surface area contributed by atoms with Gasteiger partial charge in [0.1, 0.15) is 17.5 Å². The summed E-state index contributed by atoms with van der Waals surface area (Å²) < 4.78 is 5.49. The molecule has 3 aromatic rings. The molecule has 34 heavy (non-hydrogen) atoms. The Hall–Kier alpha value is -3.00. The lowest BCUT2D eigenvalue weighted by molar-refractivity contribution is 0.0816. The van der Waals surface area contributed by atoms with Gasteiger partial charge in [-0.25, -0.2) is 15.0 Å². The standard InChI is InChI=1S/C26H35N7O.H2/c1-5-18-15-33(16-18)25-22-14-28-24(12-20(22)21(13-29-25)17(2)3)30-23-6-9-27-26(31-23)32-10-7-19(34-4)8-11-32;/h6,9,12-14,17-19H,5,7-8,10-11,15-16H2,1-4H3,(H,27,28,30,31);1H. The molecule has 8 heteroatoms. The second-order valence-corrected chi connectivity index (χ2v) is 9.78. The molecule has 5 heterocycles. The summed E-state index contributed by atoms with van der Waals surface area (Å²) in [5.74, 6) is 4.47. The molecule has 8 nitrogen and oxygen atoms in total. The molecule has 0 aromatic carbocycles. The van der Waals surface area contributed by atoms with Crippen LogP contribution in [0.3, 0.4) is 0 Å². The van der Waals surface area contributed by atoms with Crippen molar-refractivity contribution in [2.45, 2.75) is 52.1 Å². The molecular formula is C26H37N7O. The maximum Gasteiger partial charge on any atom is 0.227 e. The molecule has 0 aliphatic carbocycles. The molecule has 5 rings (SSSR count). The minimum Gasteiger partial charge on any atom is -0.381 e. The monoisotopic (exact) mass is 463 g/mol. The van der Waals surface area contributed by atoms with E-state index in [1.165, 1.54) is 17.4 Å². The number of methoxy groups -OCH3 is 1. The number of nitrogens with zero attached hydrogens (tertiary/aromatic N) is 6. The first-order valence-corrected chi connectivity index (χ1v) is 12.5. The normalized spacial score (nSPS) is 17.4. The molecule has 2 aliphatic heterocycles. The number of pyridine rings is 2. The summed E-state index contributed by atoms with van der Waals surface area (Å²) in [6.07, 6.45) is 9.35. The maximum atomic E-state index is 5.49. The van der Waals surface area contributed by atoms with E-state index in [1.54, 1.807) is 7.11 Å². The molecule has 0 atom stereocenters. The number of hydrogen-bond donors (Lipinski definition) is 1. The van der Waals surface area contributed by atoms with Gasteiger partial charge in [0.2, 0.25) is 5.95 Å². The fourth-order valence-corrected chi connectivity index (χ4v) is 4.92. The first kappa shape index (κ1) is 22.8. The van der Waals surface area contributed by atoms with Gasteiger partial charge in [-0.1, -0.05) is 20.8 Å². The summed E-state index contributed by atoms with van der Waals surface area (Å²) in [5.41, 5.74) is 1.24. The number of fused-ring (bicyclic) bond motifs is 1. The molecule has 0 bridgehead atoms. The molecule has 0 spiro atoms. The van der Waals surface area contributed by atoms with Gasteiger partial charge in [0.25, 0.3) is 0 Å². The molecule has 3 aromatic heterocycles. The van der Waals surface area contributed by atoms with Crippen molar-refractivity contribution in [3.63, 3.8) is 0 Å². The Morgan fingerprint density at radius 2 is 1.85 bits per heavy atom. The first-order valence-electron chi connectivity index (χ1n) is 12.5. The van der Waals surface area contributed by atoms with E-state index in [4.69, 9.17) is 19.7 Å². The highest BCUT2D eigenvalue weighted by molar-refractivity contribution is 5.96. The lowest BCUT2D eigenvalue weighted by Crippen LogP contribution is -2.46. The lowest BCUT2D eigenvalue weighted by atomic mass is 9.95. The van der Waals surface area contributed by atoms with Gasteiger partial charge in [-0.2, -0.15) is 4.98 Å². The summed E-state index contributed by atoms with van der Waals surface area (Å²) in [4.78, 5) is 23.4. The second kappa shape index (κ2) is 9.70. The third kappa shape index (κ3) is 4.51. The van der Waals surface area contributed by atoms with E-state index in [1.807, 2.05) is 24.7 Å². The number of aromatic nitrogens is 4. The van der Waals surface area contributed by atoms with Crippen LogP contribution in [0.4, 0.5) is 23.4 Å². The van der Waals surface area contributed by atoms with Crippen LogP contribution in [-0.4, -0.2) is 59.3 Å². The molecule has 1 N–H and O–H groups in total. The van der Waals surface area contributed by atoms with Gasteiger partial charge < -0.3 is 19.9 Å². The third-order valence-electron chi connectivity index (χ3n) is 7.20. The predicted molar refractivity (Wildman–Crippen MR) is 139 cm³/mol. The van der Waals surface area contributed by atoms with Crippen molar-refractivity contribution in [3.8, 4) is 0 Å². The van der Waals surface area contributed by atoms with Crippen LogP contribution in [0.5, 0.6) is 0 Å². The molecule has 182 valence electrons. The SMILES string of the molecule is CCC1CN(c2ncc(C(C)C)c3cc(Nc4ccnc(N5CCC(OC)CC5)n4)ncc23)C1.[HH]. The van der Waals surface area contributed by atoms with Crippen LogP contribution < -0.4 is 15.1 Å². The van der Waals surface area contributed by atoms with Crippen molar-refractivity contribution in [2.24, 2.45) is 5.92 Å². The summed E-state index contributed by atoms with van der Waals surface area (Å²) in [7, 11) is 1.78. The van der Waals surface area contributed by atoms with Gasteiger partial charge >= 0.3 is 0 Å². The molecule has 0 radical (unpaired) electrons. The third-order valence-corrected chi connectivity index (χ3v) is 7.20. The minimum absolute atomic E-state index is 0. The highest BCUT2D eigenvalue weighted by atomic mass is 16.5. The smallest absolute Gasteiger partial charge is 0.227 e. The van der Waals surface area contributed by atoms with Gasteiger partial charge in [-0.05, 0) is 54.2 Å². The van der Waals surface area contributed by atoms with Crippen LogP contribution in [0, 0.1) is 5.92 Å². The summed E-state index contributed by atoms with van der Waals surface area (Å²) in [6, 6.07) is 4.03. The van der Waals surface area contributed by atoms with E-state index in [2.05, 4.69) is 46.9 Å². The van der Waals surface area contributed by atoms with Crippen molar-refractivity contribution in [1.82, 2.24) is 19.9 Å². The largest absolute Gasteiger partial charge is 0.381 e. The maximum absolute atomic E-state index is 5.49. The van der Waals surface area contributed by atoms with Crippen LogP contribution in [0.25, 0.3) is 10.8 Å². The molecule has 2 fully saturated rings. The molecular weight excluding hydrogens is 426 g/mol. The van der Waals surface area contributed by atoms with Crippen LogP contribution in [-0.2, 0) is 4.74 Å². The van der Waals surface area contributed by atoms with Gasteiger partial charge in [-0.3, -0.25) is 0 Å². The Kier molecular flexibility index (Phi) is 6.50. The van der Waals surface area contributed by atoms with Crippen molar-refractivity contribution in [3.05, 3.63) is 36.3 Å². The summed E-state index contributed by atoms with van der Waals surface area (Å²) in [6.45, 7) is 10.6. The van der Waals surface area contributed by atoms with E-state index < -0.39 is 0 Å². The molecule has 2 aliphatic rings. The van der Waals surface area contributed by atoms with Crippen molar-refractivity contribution < 1.29 is 6.16 Å². The summed E-state index contributed by atoms with van der Waals surface area (Å²) >= 11 is 0. The Morgan fingerprint density at radius 3 is 2.56 bits per heavy atom. The highest BCUT2D eigenvalue weighted by Crippen LogP contribution is 2.35. The number of rotatable bonds is 7. The van der Waals surface area contributed by atoms with Gasteiger partial charge in [0, 0.05) is 58.7 Å². The van der Waals surface area contributed by atoms with Crippen LogP contribution in [0.2, 0.25) is 0 Å². The first-order chi connectivity index (χ1) is 16.6. The average molecular weight is 464 g/mol. The fraction of sp³-hybridized carbons (Fsp3) is 0.538. The zero-order valence-corrected chi connectivity index (χ0v) is 20.7. The Labute approximate surface area is 203 Å². The predicted octanol–water partition coefficient (Wildman–Crippen LogP) is 4.99. The number of ether oxygens (including phenoxy) is 1. The van der Waals surface area contributed by atoms with Crippen molar-refractivity contribution in [2.75, 3.05) is 48.4 Å². The van der Waals surface area contributed by atoms with E-state index in [9.17, 15) is 0 Å². The molecule has 0 amide bonds. The molecule has 0 unspecified atom stereocenters. The second-order valence-electron chi connectivity index (χ2n) is 9.78. The zero-order valence-electron chi connectivity index (χ0n) is 20.7. The topological polar surface area (TPSA) is 79.3 Å². The Balaban J connectivity index is 0.00000289. The fourth-order valence-electron chi connectivity index (χ4n) is 4.92. The quantitative estimate of drug-likeness (QED) is 0.525. The van der Waals surface area contributed by atoms with E-state index in [0.29, 0.717) is 12.0 Å². The van der Waals surface area contributed by atoms with E-state index in [0.717, 1.165) is 73.7 Å². The van der Waals surface area contributed by atoms with Crippen molar-refractivity contribution in [1.29, 1.82) is 0 Å². The van der Waals surface area contributed by atoms with E-state index >= 15 is 0 Å². The van der Waals surface area contributed by atoms with Crippen molar-refractivity contribution >= 4 is 34.2 Å². The minimum atomic E-state index is 0. The van der Waals surface area contributed by atoms with E-state index in [-0.39, 0.29) is 1.43 Å². The Bertz CT molecular complexity index is 1140. The number of anilines is 4. The van der Waals surface area contributed by atoms with Gasteiger partial charge in [0.15, 0.2) is 0 Å². The summed E-state index contributed by atoms with van der Waals surface area (Å²) in [5, 5.41) is 5.73. The van der Waals surface area contributed by atoms with Gasteiger partial charge in [0.05, 0.1) is 6.10 Å². The molecule has 0 saturated carbocycles. The molecule has 2 saturated heterocycles. The number of nitrogens with one attached hydrogen (secondary N) is 1. The average Bonchev–Trinajstić information content (AvgIpc) is 2.83. The van der Waals surface area contributed by atoms with Crippen LogP contribution in [0.15, 0.2) is 30.7 Å². The van der Waals surface area contributed by atoms with Crippen LogP contribution >= 0.6 is 0 Å². The lowest BCUT2D eigenvalue weighted by Gasteiger charge is -2.40. The highest BCUT2D eigenvalue weighted by Gasteiger charge is 2.28. The zero-order chi connectivity index (χ0) is 23.7.